The Morgan fingerprint density at radius 2 is 2.00 bits per heavy atom. The first-order valence-corrected chi connectivity index (χ1v) is 6.61. The number of nitrogens with one attached hydrogen (secondary N) is 1. The Kier molecular flexibility index (Phi) is 4.06. The molecule has 0 heterocycles. The first-order valence-electron chi connectivity index (χ1n) is 6.24. The van der Waals surface area contributed by atoms with Gasteiger partial charge in [-0.2, -0.15) is 0 Å². The van der Waals surface area contributed by atoms with Crippen LogP contribution in [-0.4, -0.2) is 5.91 Å². The predicted molar refractivity (Wildman–Crippen MR) is 71.4 cm³/mol. The molecule has 1 aliphatic carbocycles. The first-order chi connectivity index (χ1) is 8.16. The Morgan fingerprint density at radius 3 is 2.71 bits per heavy atom. The number of amides is 1. The van der Waals surface area contributed by atoms with Crippen molar-refractivity contribution in [3.05, 3.63) is 28.8 Å². The number of carbonyl (C=O) groups excluding carboxylic acids is 1. The van der Waals surface area contributed by atoms with Gasteiger partial charge in [0.2, 0.25) is 5.91 Å². The van der Waals surface area contributed by atoms with Crippen molar-refractivity contribution in [1.29, 1.82) is 0 Å². The van der Waals surface area contributed by atoms with Crippen molar-refractivity contribution in [2.45, 2.75) is 39.0 Å². The van der Waals surface area contributed by atoms with Gasteiger partial charge in [0.05, 0.1) is 10.7 Å². The highest BCUT2D eigenvalue weighted by atomic mass is 35.5. The number of carbonyl (C=O) groups is 1. The molecule has 1 amide bonds. The van der Waals surface area contributed by atoms with Gasteiger partial charge in [-0.05, 0) is 37.5 Å². The van der Waals surface area contributed by atoms with Crippen LogP contribution in [0.1, 0.15) is 37.7 Å². The average Bonchev–Trinajstić information content (AvgIpc) is 2.35. The minimum atomic E-state index is 0.122. The molecule has 0 atom stereocenters. The lowest BCUT2D eigenvalue weighted by atomic mass is 9.88. The lowest BCUT2D eigenvalue weighted by molar-refractivity contribution is -0.120. The van der Waals surface area contributed by atoms with E-state index in [-0.39, 0.29) is 11.8 Å². The molecule has 0 unspecified atom stereocenters. The predicted octanol–water partition coefficient (Wildman–Crippen LogP) is 4.17. The monoisotopic (exact) mass is 251 g/mol. The Labute approximate surface area is 107 Å². The third kappa shape index (κ3) is 3.22. The summed E-state index contributed by atoms with van der Waals surface area (Å²) in [6, 6.07) is 5.69. The highest BCUT2D eigenvalue weighted by molar-refractivity contribution is 6.33. The van der Waals surface area contributed by atoms with Gasteiger partial charge in [0.1, 0.15) is 0 Å². The maximum Gasteiger partial charge on any atom is 0.227 e. The number of hydrogen-bond donors (Lipinski definition) is 1. The van der Waals surface area contributed by atoms with E-state index in [2.05, 4.69) is 5.32 Å². The number of halogens is 1. The van der Waals surface area contributed by atoms with Gasteiger partial charge < -0.3 is 5.32 Å². The summed E-state index contributed by atoms with van der Waals surface area (Å²) in [5, 5.41) is 3.56. The lowest BCUT2D eigenvalue weighted by Gasteiger charge is -2.21. The molecular formula is C14H18ClNO. The molecule has 17 heavy (non-hydrogen) atoms. The van der Waals surface area contributed by atoms with Crippen LogP contribution in [0.3, 0.4) is 0 Å². The van der Waals surface area contributed by atoms with Gasteiger partial charge in [0.15, 0.2) is 0 Å². The van der Waals surface area contributed by atoms with E-state index in [1.54, 1.807) is 0 Å². The molecule has 1 aromatic rings. The molecule has 1 N–H and O–H groups in total. The molecule has 2 rings (SSSR count). The molecule has 3 heteroatoms. The van der Waals surface area contributed by atoms with Gasteiger partial charge in [0, 0.05) is 5.92 Å². The van der Waals surface area contributed by atoms with Gasteiger partial charge in [-0.15, -0.1) is 0 Å². The Morgan fingerprint density at radius 1 is 1.29 bits per heavy atom. The third-order valence-electron chi connectivity index (χ3n) is 3.36. The van der Waals surface area contributed by atoms with Crippen molar-refractivity contribution in [3.8, 4) is 0 Å². The van der Waals surface area contributed by atoms with Crippen molar-refractivity contribution in [1.82, 2.24) is 0 Å². The lowest BCUT2D eigenvalue weighted by Crippen LogP contribution is -2.24. The summed E-state index contributed by atoms with van der Waals surface area (Å²) in [4.78, 5) is 12.1. The summed E-state index contributed by atoms with van der Waals surface area (Å²) >= 11 is 6.06. The maximum absolute atomic E-state index is 12.1. The molecule has 0 aliphatic heterocycles. The molecule has 0 spiro atoms. The third-order valence-corrected chi connectivity index (χ3v) is 3.69. The highest BCUT2D eigenvalue weighted by Gasteiger charge is 2.21. The number of benzene rings is 1. The zero-order chi connectivity index (χ0) is 12.3. The number of rotatable bonds is 2. The summed E-state index contributed by atoms with van der Waals surface area (Å²) in [6.45, 7) is 1.99. The number of anilines is 1. The quantitative estimate of drug-likeness (QED) is 0.840. The molecule has 1 aliphatic rings. The van der Waals surface area contributed by atoms with E-state index < -0.39 is 0 Å². The fraction of sp³-hybridized carbons (Fsp3) is 0.500. The normalized spacial score (nSPS) is 16.8. The van der Waals surface area contributed by atoms with E-state index in [0.29, 0.717) is 5.02 Å². The van der Waals surface area contributed by atoms with Crippen LogP contribution >= 0.6 is 11.6 Å². The van der Waals surface area contributed by atoms with Crippen LogP contribution in [0.15, 0.2) is 18.2 Å². The molecule has 1 fully saturated rings. The molecule has 0 radical (unpaired) electrons. The van der Waals surface area contributed by atoms with Crippen LogP contribution in [0, 0.1) is 12.8 Å². The summed E-state index contributed by atoms with van der Waals surface area (Å²) in [6.07, 6.45) is 5.61. The van der Waals surface area contributed by atoms with Crippen molar-refractivity contribution in [3.63, 3.8) is 0 Å². The zero-order valence-electron chi connectivity index (χ0n) is 10.1. The standard InChI is InChI=1S/C14H18ClNO/c1-10-7-8-12(15)13(9-10)16-14(17)11-5-3-2-4-6-11/h7-9,11H,2-6H2,1H3,(H,16,17). The van der Waals surface area contributed by atoms with E-state index >= 15 is 0 Å². The number of aryl methyl sites for hydroxylation is 1. The van der Waals surface area contributed by atoms with Crippen molar-refractivity contribution >= 4 is 23.2 Å². The van der Waals surface area contributed by atoms with Crippen LogP contribution in [0.25, 0.3) is 0 Å². The Balaban J connectivity index is 2.04. The SMILES string of the molecule is Cc1ccc(Cl)c(NC(=O)C2CCCCC2)c1. The van der Waals surface area contributed by atoms with Crippen LogP contribution in [0.5, 0.6) is 0 Å². The number of hydrogen-bond acceptors (Lipinski definition) is 1. The van der Waals surface area contributed by atoms with E-state index in [0.717, 1.165) is 24.1 Å². The minimum absolute atomic E-state index is 0.122. The molecule has 92 valence electrons. The second kappa shape index (κ2) is 5.54. The largest absolute Gasteiger partial charge is 0.325 e. The Hall–Kier alpha value is -1.02. The van der Waals surface area contributed by atoms with Gasteiger partial charge >= 0.3 is 0 Å². The zero-order valence-corrected chi connectivity index (χ0v) is 10.9. The second-order valence-corrected chi connectivity index (χ2v) is 5.21. The summed E-state index contributed by atoms with van der Waals surface area (Å²) in [5.41, 5.74) is 1.84. The van der Waals surface area contributed by atoms with Crippen molar-refractivity contribution < 1.29 is 4.79 Å². The van der Waals surface area contributed by atoms with Crippen LogP contribution in [0.4, 0.5) is 5.69 Å². The fourth-order valence-electron chi connectivity index (χ4n) is 2.33. The summed E-state index contributed by atoms with van der Waals surface area (Å²) < 4.78 is 0. The van der Waals surface area contributed by atoms with Crippen LogP contribution < -0.4 is 5.32 Å². The minimum Gasteiger partial charge on any atom is -0.325 e. The van der Waals surface area contributed by atoms with Crippen LogP contribution in [-0.2, 0) is 4.79 Å². The smallest absolute Gasteiger partial charge is 0.227 e. The van der Waals surface area contributed by atoms with Crippen molar-refractivity contribution in [2.75, 3.05) is 5.32 Å². The van der Waals surface area contributed by atoms with Crippen molar-refractivity contribution in [2.24, 2.45) is 5.92 Å². The van der Waals surface area contributed by atoms with Crippen LogP contribution in [0.2, 0.25) is 5.02 Å². The average molecular weight is 252 g/mol. The van der Waals surface area contributed by atoms with E-state index in [4.69, 9.17) is 11.6 Å². The van der Waals surface area contributed by atoms with Gasteiger partial charge in [-0.25, -0.2) is 0 Å². The van der Waals surface area contributed by atoms with Gasteiger partial charge in [0.25, 0.3) is 0 Å². The highest BCUT2D eigenvalue weighted by Crippen LogP contribution is 2.27. The molecule has 1 aromatic carbocycles. The summed E-state index contributed by atoms with van der Waals surface area (Å²) in [5.74, 6) is 0.289. The van der Waals surface area contributed by atoms with Gasteiger partial charge in [-0.1, -0.05) is 36.9 Å². The fourth-order valence-corrected chi connectivity index (χ4v) is 2.50. The molecule has 0 saturated heterocycles. The molecule has 0 aromatic heterocycles. The maximum atomic E-state index is 12.1. The van der Waals surface area contributed by atoms with E-state index in [1.807, 2.05) is 25.1 Å². The molecule has 0 bridgehead atoms. The second-order valence-electron chi connectivity index (χ2n) is 4.81. The van der Waals surface area contributed by atoms with Gasteiger partial charge in [-0.3, -0.25) is 4.79 Å². The first kappa shape index (κ1) is 12.4. The molecule has 1 saturated carbocycles. The van der Waals surface area contributed by atoms with E-state index in [9.17, 15) is 4.79 Å². The molecule has 2 nitrogen and oxygen atoms in total. The molecular weight excluding hydrogens is 234 g/mol. The Bertz CT molecular complexity index is 411. The summed E-state index contributed by atoms with van der Waals surface area (Å²) in [7, 11) is 0. The topological polar surface area (TPSA) is 29.1 Å². The van der Waals surface area contributed by atoms with E-state index in [1.165, 1.54) is 19.3 Å².